The van der Waals surface area contributed by atoms with Crippen LogP contribution in [-0.4, -0.2) is 9.55 Å². The Morgan fingerprint density at radius 3 is 1.64 bits per heavy atom. The molecule has 1 heterocycles. The molecule has 0 spiro atoms. The molecule has 0 fully saturated rings. The number of fused-ring (bicyclic) bond motifs is 4. The Morgan fingerprint density at radius 2 is 1.02 bits per heavy atom. The molecule has 0 saturated heterocycles. The van der Waals surface area contributed by atoms with Crippen LogP contribution in [-0.2, 0) is 0 Å². The molecule has 9 aromatic carbocycles. The second-order valence-electron chi connectivity index (χ2n) is 14.5. The standard InChI is InChI=1S/C54H38N2/c1-3-46-49(33-36(2)37-25-29-40(30-26-37)54-55-50-23-13-14-24-51(50)56(54)45-19-5-4-6-20-45)53(44-32-28-39-16-8-10-18-42(39)35-44)48-22-12-11-21-47(48)52(46)43-31-27-38-15-7-9-17-41(38)34-43/h3-35H,1H2,2H3/b36-33+. The third-order valence-corrected chi connectivity index (χ3v) is 11.1. The molecule has 0 aliphatic heterocycles. The van der Waals surface area contributed by atoms with Crippen molar-refractivity contribution < 1.29 is 0 Å². The Morgan fingerprint density at radius 1 is 0.500 bits per heavy atom. The zero-order chi connectivity index (χ0) is 37.6. The van der Waals surface area contributed by atoms with E-state index in [0.29, 0.717) is 0 Å². The van der Waals surface area contributed by atoms with Gasteiger partial charge in [0.1, 0.15) is 5.82 Å². The van der Waals surface area contributed by atoms with Gasteiger partial charge in [0.2, 0.25) is 0 Å². The van der Waals surface area contributed by atoms with Crippen molar-refractivity contribution in [2.75, 3.05) is 0 Å². The molecule has 0 aliphatic carbocycles. The van der Waals surface area contributed by atoms with Crippen LogP contribution in [0.15, 0.2) is 195 Å². The van der Waals surface area contributed by atoms with Gasteiger partial charge in [-0.2, -0.15) is 0 Å². The maximum Gasteiger partial charge on any atom is 0.145 e. The van der Waals surface area contributed by atoms with E-state index >= 15 is 0 Å². The van der Waals surface area contributed by atoms with E-state index in [4.69, 9.17) is 4.98 Å². The topological polar surface area (TPSA) is 17.8 Å². The zero-order valence-corrected chi connectivity index (χ0v) is 31.2. The highest BCUT2D eigenvalue weighted by molar-refractivity contribution is 6.14. The average molecular weight is 715 g/mol. The summed E-state index contributed by atoms with van der Waals surface area (Å²) in [6.07, 6.45) is 4.42. The number of para-hydroxylation sites is 3. The molecule has 0 saturated carbocycles. The lowest BCUT2D eigenvalue weighted by molar-refractivity contribution is 1.10. The van der Waals surface area contributed by atoms with Crippen LogP contribution < -0.4 is 0 Å². The summed E-state index contributed by atoms with van der Waals surface area (Å²) in [5, 5.41) is 7.32. The largest absolute Gasteiger partial charge is 0.292 e. The Bertz CT molecular complexity index is 3150. The highest BCUT2D eigenvalue weighted by Gasteiger charge is 2.21. The van der Waals surface area contributed by atoms with Crippen LogP contribution in [0, 0.1) is 0 Å². The van der Waals surface area contributed by atoms with Crippen molar-refractivity contribution in [3.05, 3.63) is 211 Å². The summed E-state index contributed by atoms with van der Waals surface area (Å²) in [4.78, 5) is 5.11. The van der Waals surface area contributed by atoms with E-state index in [1.807, 2.05) is 6.07 Å². The summed E-state index contributed by atoms with van der Waals surface area (Å²) in [5.41, 5.74) is 13.6. The number of benzene rings is 9. The molecule has 0 radical (unpaired) electrons. The number of hydrogen-bond acceptors (Lipinski definition) is 1. The molecule has 56 heavy (non-hydrogen) atoms. The van der Waals surface area contributed by atoms with Gasteiger partial charge in [0.25, 0.3) is 0 Å². The van der Waals surface area contributed by atoms with Crippen molar-refractivity contribution >= 4 is 61.1 Å². The molecule has 2 nitrogen and oxygen atoms in total. The maximum absolute atomic E-state index is 5.11. The molecule has 264 valence electrons. The summed E-state index contributed by atoms with van der Waals surface area (Å²) in [6.45, 7) is 6.69. The van der Waals surface area contributed by atoms with E-state index in [9.17, 15) is 0 Å². The summed E-state index contributed by atoms with van der Waals surface area (Å²) in [7, 11) is 0. The van der Waals surface area contributed by atoms with E-state index in [1.54, 1.807) is 0 Å². The molecular formula is C54H38N2. The quantitative estimate of drug-likeness (QED) is 0.150. The van der Waals surface area contributed by atoms with Crippen LogP contribution in [0.3, 0.4) is 0 Å². The fourth-order valence-corrected chi connectivity index (χ4v) is 8.39. The molecule has 0 unspecified atom stereocenters. The van der Waals surface area contributed by atoms with Gasteiger partial charge in [-0.3, -0.25) is 4.57 Å². The van der Waals surface area contributed by atoms with Gasteiger partial charge in [0.15, 0.2) is 0 Å². The van der Waals surface area contributed by atoms with Crippen LogP contribution in [0.1, 0.15) is 23.6 Å². The number of allylic oxidation sites excluding steroid dienone is 1. The Labute approximate surface area is 327 Å². The highest BCUT2D eigenvalue weighted by Crippen LogP contribution is 2.45. The summed E-state index contributed by atoms with van der Waals surface area (Å²) < 4.78 is 2.25. The number of rotatable bonds is 7. The minimum atomic E-state index is 0.924. The van der Waals surface area contributed by atoms with Crippen molar-refractivity contribution in [2.24, 2.45) is 0 Å². The number of hydrogen-bond donors (Lipinski definition) is 0. The first kappa shape index (κ1) is 33.3. The van der Waals surface area contributed by atoms with Gasteiger partial charge in [-0.15, -0.1) is 0 Å². The zero-order valence-electron chi connectivity index (χ0n) is 31.2. The number of nitrogens with zero attached hydrogens (tertiary/aromatic N) is 2. The fourth-order valence-electron chi connectivity index (χ4n) is 8.39. The third-order valence-electron chi connectivity index (χ3n) is 11.1. The molecule has 10 rings (SSSR count). The van der Waals surface area contributed by atoms with Crippen molar-refractivity contribution in [3.63, 3.8) is 0 Å². The first-order valence-corrected chi connectivity index (χ1v) is 19.2. The molecule has 0 aliphatic rings. The van der Waals surface area contributed by atoms with Gasteiger partial charge in [-0.05, 0) is 120 Å². The van der Waals surface area contributed by atoms with Gasteiger partial charge >= 0.3 is 0 Å². The third kappa shape index (κ3) is 5.71. The Balaban J connectivity index is 1.18. The molecule has 0 amide bonds. The minimum absolute atomic E-state index is 0.924. The number of aromatic nitrogens is 2. The van der Waals surface area contributed by atoms with Crippen LogP contribution in [0.25, 0.3) is 100 Å². The van der Waals surface area contributed by atoms with Gasteiger partial charge in [-0.1, -0.05) is 170 Å². The normalized spacial score (nSPS) is 11.8. The minimum Gasteiger partial charge on any atom is -0.292 e. The van der Waals surface area contributed by atoms with Gasteiger partial charge in [-0.25, -0.2) is 4.98 Å². The van der Waals surface area contributed by atoms with E-state index < -0.39 is 0 Å². The van der Waals surface area contributed by atoms with Crippen molar-refractivity contribution in [2.45, 2.75) is 6.92 Å². The first-order chi connectivity index (χ1) is 27.6. The van der Waals surface area contributed by atoms with E-state index in [-0.39, 0.29) is 0 Å². The van der Waals surface area contributed by atoms with E-state index in [0.717, 1.165) is 50.4 Å². The van der Waals surface area contributed by atoms with Gasteiger partial charge in [0.05, 0.1) is 11.0 Å². The maximum atomic E-state index is 5.11. The second-order valence-corrected chi connectivity index (χ2v) is 14.5. The smallest absolute Gasteiger partial charge is 0.145 e. The van der Waals surface area contributed by atoms with Crippen LogP contribution in [0.2, 0.25) is 0 Å². The molecule has 1 aromatic heterocycles. The van der Waals surface area contributed by atoms with Crippen molar-refractivity contribution in [1.82, 2.24) is 9.55 Å². The van der Waals surface area contributed by atoms with E-state index in [2.05, 4.69) is 212 Å². The summed E-state index contributed by atoms with van der Waals surface area (Å²) in [6, 6.07) is 67.4. The predicted octanol–water partition coefficient (Wildman–Crippen LogP) is 14.7. The first-order valence-electron chi connectivity index (χ1n) is 19.2. The van der Waals surface area contributed by atoms with Crippen LogP contribution >= 0.6 is 0 Å². The monoisotopic (exact) mass is 714 g/mol. The molecule has 10 aromatic rings. The number of imidazole rings is 1. The van der Waals surface area contributed by atoms with Crippen LogP contribution in [0.4, 0.5) is 0 Å². The Hall–Kier alpha value is -7.29. The van der Waals surface area contributed by atoms with E-state index in [1.165, 1.54) is 54.6 Å². The SMILES string of the molecule is C=Cc1c(/C=C(\C)c2ccc(-c3nc4ccccc4n3-c3ccccc3)cc2)c(-c2ccc3ccccc3c2)c2ccccc2c1-c1ccc2ccccc2c1. The summed E-state index contributed by atoms with van der Waals surface area (Å²) >= 11 is 0. The average Bonchev–Trinajstić information content (AvgIpc) is 3.66. The lowest BCUT2D eigenvalue weighted by Crippen LogP contribution is -1.98. The molecule has 0 bridgehead atoms. The van der Waals surface area contributed by atoms with Gasteiger partial charge < -0.3 is 0 Å². The highest BCUT2D eigenvalue weighted by atomic mass is 15.1. The van der Waals surface area contributed by atoms with Crippen molar-refractivity contribution in [1.29, 1.82) is 0 Å². The molecule has 0 atom stereocenters. The van der Waals surface area contributed by atoms with Crippen molar-refractivity contribution in [3.8, 4) is 39.3 Å². The fraction of sp³-hybridized carbons (Fsp3) is 0.0185. The predicted molar refractivity (Wildman–Crippen MR) is 240 cm³/mol. The lowest BCUT2D eigenvalue weighted by atomic mass is 9.82. The molecule has 2 heteroatoms. The Kier molecular flexibility index (Phi) is 8.23. The van der Waals surface area contributed by atoms with Gasteiger partial charge in [0, 0.05) is 11.3 Å². The molecule has 0 N–H and O–H groups in total. The van der Waals surface area contributed by atoms with Crippen LogP contribution in [0.5, 0.6) is 0 Å². The molecular weight excluding hydrogens is 677 g/mol. The lowest BCUT2D eigenvalue weighted by Gasteiger charge is -2.21. The second kappa shape index (κ2) is 13.8. The summed E-state index contributed by atoms with van der Waals surface area (Å²) in [5.74, 6) is 0.924.